The van der Waals surface area contributed by atoms with Gasteiger partial charge in [-0.15, -0.1) is 0 Å². The zero-order chi connectivity index (χ0) is 22.1. The van der Waals surface area contributed by atoms with Gasteiger partial charge in [-0.05, 0) is 37.3 Å². The van der Waals surface area contributed by atoms with E-state index in [1.807, 2.05) is 36.1 Å². The van der Waals surface area contributed by atoms with Crippen LogP contribution in [0.5, 0.6) is 5.75 Å². The second kappa shape index (κ2) is 10.9. The molecule has 164 valence electrons. The Hall–Kier alpha value is -3.66. The fraction of sp³-hybridized carbons (Fsp3) is 0.333. The first-order valence-corrected chi connectivity index (χ1v) is 9.96. The zero-order valence-corrected chi connectivity index (χ0v) is 17.2. The lowest BCUT2D eigenvalue weighted by Gasteiger charge is -2.28. The molecule has 0 aliphatic carbocycles. The van der Waals surface area contributed by atoms with Gasteiger partial charge in [0, 0.05) is 30.4 Å². The van der Waals surface area contributed by atoms with Gasteiger partial charge < -0.3 is 19.7 Å². The number of amides is 1. The van der Waals surface area contributed by atoms with Crippen molar-refractivity contribution in [2.75, 3.05) is 49.7 Å². The summed E-state index contributed by atoms with van der Waals surface area (Å²) in [5, 5.41) is 18.4. The van der Waals surface area contributed by atoms with E-state index in [9.17, 15) is 14.9 Å². The van der Waals surface area contributed by atoms with Crippen LogP contribution < -0.4 is 20.4 Å². The van der Waals surface area contributed by atoms with Crippen LogP contribution in [0.25, 0.3) is 0 Å². The van der Waals surface area contributed by atoms with Gasteiger partial charge in [-0.25, -0.2) is 5.43 Å². The van der Waals surface area contributed by atoms with Gasteiger partial charge in [0.1, 0.15) is 11.4 Å². The maximum Gasteiger partial charge on any atom is 0.293 e. The molecule has 1 saturated heterocycles. The summed E-state index contributed by atoms with van der Waals surface area (Å²) in [7, 11) is 0. The van der Waals surface area contributed by atoms with Gasteiger partial charge in [-0.2, -0.15) is 5.10 Å². The lowest BCUT2D eigenvalue weighted by atomic mass is 10.1. The average molecular weight is 427 g/mol. The average Bonchev–Trinajstić information content (AvgIpc) is 2.79. The van der Waals surface area contributed by atoms with Gasteiger partial charge in [0.05, 0.1) is 37.5 Å². The normalized spacial score (nSPS) is 13.8. The van der Waals surface area contributed by atoms with Crippen LogP contribution in [0, 0.1) is 10.1 Å². The molecule has 0 radical (unpaired) electrons. The summed E-state index contributed by atoms with van der Waals surface area (Å²) in [6, 6.07) is 12.1. The van der Waals surface area contributed by atoms with E-state index in [1.165, 1.54) is 12.3 Å². The number of morpholine rings is 1. The summed E-state index contributed by atoms with van der Waals surface area (Å²) in [6.45, 7) is 4.81. The molecule has 0 spiro atoms. The molecular formula is C21H25N5O5. The van der Waals surface area contributed by atoms with E-state index in [4.69, 9.17) is 9.47 Å². The molecule has 0 aromatic heterocycles. The zero-order valence-electron chi connectivity index (χ0n) is 17.2. The highest BCUT2D eigenvalue weighted by Gasteiger charge is 2.21. The van der Waals surface area contributed by atoms with E-state index in [0.717, 1.165) is 11.4 Å². The molecule has 10 heteroatoms. The fourth-order valence-electron chi connectivity index (χ4n) is 3.08. The molecule has 1 aliphatic heterocycles. The van der Waals surface area contributed by atoms with Crippen LogP contribution in [0.2, 0.25) is 0 Å². The number of nitrogens with zero attached hydrogens (tertiary/aromatic N) is 3. The molecule has 0 unspecified atom stereocenters. The molecule has 0 atom stereocenters. The van der Waals surface area contributed by atoms with Gasteiger partial charge in [0.25, 0.3) is 11.6 Å². The molecule has 0 bridgehead atoms. The summed E-state index contributed by atoms with van der Waals surface area (Å²) in [6.07, 6.45) is 1.38. The van der Waals surface area contributed by atoms with Crippen LogP contribution in [-0.4, -0.2) is 56.5 Å². The quantitative estimate of drug-likeness (QED) is 0.358. The Morgan fingerprint density at radius 1 is 1.26 bits per heavy atom. The van der Waals surface area contributed by atoms with Gasteiger partial charge in [-0.1, -0.05) is 6.07 Å². The van der Waals surface area contributed by atoms with Crippen LogP contribution in [0.4, 0.5) is 17.1 Å². The smallest absolute Gasteiger partial charge is 0.293 e. The van der Waals surface area contributed by atoms with Crippen LogP contribution in [0.3, 0.4) is 0 Å². The second-order valence-electron chi connectivity index (χ2n) is 6.71. The monoisotopic (exact) mass is 427 g/mol. The number of benzene rings is 2. The molecule has 1 fully saturated rings. The Kier molecular flexibility index (Phi) is 7.77. The van der Waals surface area contributed by atoms with Crippen molar-refractivity contribution in [3.05, 3.63) is 58.1 Å². The maximum absolute atomic E-state index is 12.0. The van der Waals surface area contributed by atoms with E-state index in [-0.39, 0.29) is 18.1 Å². The number of ether oxygens (including phenoxy) is 2. The van der Waals surface area contributed by atoms with Crippen LogP contribution >= 0.6 is 0 Å². The molecule has 3 rings (SSSR count). The number of hydrazone groups is 1. The van der Waals surface area contributed by atoms with Crippen molar-refractivity contribution >= 4 is 29.2 Å². The van der Waals surface area contributed by atoms with E-state index in [1.54, 1.807) is 12.1 Å². The minimum Gasteiger partial charge on any atom is -0.494 e. The third kappa shape index (κ3) is 6.41. The Morgan fingerprint density at radius 2 is 2.00 bits per heavy atom. The third-order valence-corrected chi connectivity index (χ3v) is 4.57. The number of carbonyl (C=O) groups is 1. The first kappa shape index (κ1) is 22.0. The molecule has 1 aliphatic rings. The molecular weight excluding hydrogens is 402 g/mol. The Morgan fingerprint density at radius 3 is 2.68 bits per heavy atom. The minimum absolute atomic E-state index is 0.00524. The van der Waals surface area contributed by atoms with E-state index < -0.39 is 4.92 Å². The van der Waals surface area contributed by atoms with Gasteiger partial charge in [0.15, 0.2) is 0 Å². The summed E-state index contributed by atoms with van der Waals surface area (Å²) < 4.78 is 10.7. The molecule has 1 heterocycles. The highest BCUT2D eigenvalue weighted by atomic mass is 16.6. The van der Waals surface area contributed by atoms with Gasteiger partial charge in [0.2, 0.25) is 0 Å². The molecule has 2 N–H and O–H groups in total. The number of carbonyl (C=O) groups excluding carboxylic acids is 1. The Balaban J connectivity index is 1.54. The Labute approximate surface area is 180 Å². The van der Waals surface area contributed by atoms with Crippen molar-refractivity contribution in [2.24, 2.45) is 5.10 Å². The predicted molar refractivity (Wildman–Crippen MR) is 118 cm³/mol. The number of hydrogen-bond acceptors (Lipinski definition) is 8. The first-order valence-electron chi connectivity index (χ1n) is 9.96. The first-order chi connectivity index (χ1) is 15.1. The third-order valence-electron chi connectivity index (χ3n) is 4.57. The van der Waals surface area contributed by atoms with Crippen LogP contribution in [0.1, 0.15) is 12.5 Å². The highest BCUT2D eigenvalue weighted by molar-refractivity contribution is 5.86. The van der Waals surface area contributed by atoms with Crippen molar-refractivity contribution in [3.8, 4) is 5.75 Å². The van der Waals surface area contributed by atoms with E-state index >= 15 is 0 Å². The lowest BCUT2D eigenvalue weighted by Crippen LogP contribution is -2.36. The second-order valence-corrected chi connectivity index (χ2v) is 6.71. The molecule has 10 nitrogen and oxygen atoms in total. The molecule has 2 aromatic carbocycles. The predicted octanol–water partition coefficient (Wildman–Crippen LogP) is 2.39. The van der Waals surface area contributed by atoms with Crippen molar-refractivity contribution in [1.82, 2.24) is 5.43 Å². The minimum atomic E-state index is -0.415. The number of anilines is 2. The molecule has 2 aromatic rings. The van der Waals surface area contributed by atoms with Gasteiger partial charge in [-0.3, -0.25) is 14.9 Å². The summed E-state index contributed by atoms with van der Waals surface area (Å²) in [4.78, 5) is 25.0. The highest BCUT2D eigenvalue weighted by Crippen LogP contribution is 2.29. The SMILES string of the molecule is CCOc1ccc(NCC(=O)NN=Cc2ccc(N3CCOCC3)c([N+](=O)[O-])c2)cc1. The standard InChI is InChI=1S/C21H25N5O5/c1-2-31-18-6-4-17(5-7-18)22-15-21(27)24-23-14-16-3-8-19(20(13-16)26(28)29)25-9-11-30-12-10-25/h3-8,13-14,22H,2,9-12,15H2,1H3,(H,24,27). The van der Waals surface area contributed by atoms with Crippen molar-refractivity contribution in [3.63, 3.8) is 0 Å². The molecule has 0 saturated carbocycles. The maximum atomic E-state index is 12.0. The Bertz CT molecular complexity index is 926. The van der Waals surface area contributed by atoms with E-state index in [0.29, 0.717) is 44.2 Å². The number of nitro groups is 1. The van der Waals surface area contributed by atoms with Crippen molar-refractivity contribution in [1.29, 1.82) is 0 Å². The van der Waals surface area contributed by atoms with Gasteiger partial charge >= 0.3 is 0 Å². The van der Waals surface area contributed by atoms with Crippen molar-refractivity contribution in [2.45, 2.75) is 6.92 Å². The summed E-state index contributed by atoms with van der Waals surface area (Å²) in [5.41, 5.74) is 4.24. The summed E-state index contributed by atoms with van der Waals surface area (Å²) in [5.74, 6) is 0.417. The molecule has 31 heavy (non-hydrogen) atoms. The summed E-state index contributed by atoms with van der Waals surface area (Å²) >= 11 is 0. The lowest BCUT2D eigenvalue weighted by molar-refractivity contribution is -0.384. The number of nitro benzene ring substituents is 1. The molecule has 1 amide bonds. The van der Waals surface area contributed by atoms with Crippen LogP contribution in [-0.2, 0) is 9.53 Å². The number of rotatable bonds is 9. The van der Waals surface area contributed by atoms with Crippen LogP contribution in [0.15, 0.2) is 47.6 Å². The van der Waals surface area contributed by atoms with Crippen molar-refractivity contribution < 1.29 is 19.2 Å². The van der Waals surface area contributed by atoms with E-state index in [2.05, 4.69) is 15.8 Å². The number of nitrogens with one attached hydrogen (secondary N) is 2. The number of hydrogen-bond donors (Lipinski definition) is 2. The fourth-order valence-corrected chi connectivity index (χ4v) is 3.08. The largest absolute Gasteiger partial charge is 0.494 e. The topological polar surface area (TPSA) is 118 Å².